The van der Waals surface area contributed by atoms with E-state index in [4.69, 9.17) is 21.4 Å². The number of nitriles is 1. The monoisotopic (exact) mass is 393 g/mol. The van der Waals surface area contributed by atoms with Crippen LogP contribution < -0.4 is 5.32 Å². The van der Waals surface area contributed by atoms with Crippen molar-refractivity contribution in [1.29, 1.82) is 5.26 Å². The van der Waals surface area contributed by atoms with E-state index in [1.54, 1.807) is 41.3 Å². The lowest BCUT2D eigenvalue weighted by atomic mass is 10.2. The van der Waals surface area contributed by atoms with Gasteiger partial charge in [0.15, 0.2) is 0 Å². The summed E-state index contributed by atoms with van der Waals surface area (Å²) in [6.45, 7) is 0.599. The molecule has 28 heavy (non-hydrogen) atoms. The molecule has 1 fully saturated rings. The number of halogens is 1. The Morgan fingerprint density at radius 3 is 2.86 bits per heavy atom. The van der Waals surface area contributed by atoms with Gasteiger partial charge in [0.1, 0.15) is 6.04 Å². The summed E-state index contributed by atoms with van der Waals surface area (Å²) in [5.41, 5.74) is 1.92. The number of urea groups is 1. The van der Waals surface area contributed by atoms with Crippen molar-refractivity contribution in [1.82, 2.24) is 15.0 Å². The van der Waals surface area contributed by atoms with Crippen LogP contribution in [0.25, 0.3) is 11.4 Å². The predicted octanol–water partition coefficient (Wildman–Crippen LogP) is 4.63. The molecule has 2 heterocycles. The van der Waals surface area contributed by atoms with Crippen molar-refractivity contribution in [3.8, 4) is 17.5 Å². The maximum absolute atomic E-state index is 12.7. The topological polar surface area (TPSA) is 95.1 Å². The summed E-state index contributed by atoms with van der Waals surface area (Å²) in [7, 11) is 0. The Bertz CT molecular complexity index is 1040. The average Bonchev–Trinajstić information content (AvgIpc) is 3.38. The first-order valence-electron chi connectivity index (χ1n) is 8.81. The van der Waals surface area contributed by atoms with Gasteiger partial charge in [0.25, 0.3) is 0 Å². The highest BCUT2D eigenvalue weighted by Crippen LogP contribution is 2.32. The van der Waals surface area contributed by atoms with E-state index in [0.29, 0.717) is 34.5 Å². The second-order valence-electron chi connectivity index (χ2n) is 6.44. The van der Waals surface area contributed by atoms with Crippen molar-refractivity contribution in [2.45, 2.75) is 18.9 Å². The molecule has 0 unspecified atom stereocenters. The number of anilines is 1. The summed E-state index contributed by atoms with van der Waals surface area (Å²) in [5.74, 6) is 0.847. The molecule has 8 heteroatoms. The highest BCUT2D eigenvalue weighted by Gasteiger charge is 2.34. The Hall–Kier alpha value is -3.37. The summed E-state index contributed by atoms with van der Waals surface area (Å²) < 4.78 is 5.44. The number of rotatable bonds is 3. The highest BCUT2D eigenvalue weighted by atomic mass is 35.5. The highest BCUT2D eigenvalue weighted by molar-refractivity contribution is 6.30. The van der Waals surface area contributed by atoms with E-state index in [-0.39, 0.29) is 12.1 Å². The number of carbonyl (C=O) groups excluding carboxylic acids is 1. The molecular weight excluding hydrogens is 378 g/mol. The van der Waals surface area contributed by atoms with Crippen LogP contribution in [0, 0.1) is 11.3 Å². The van der Waals surface area contributed by atoms with Gasteiger partial charge in [0.2, 0.25) is 11.7 Å². The van der Waals surface area contributed by atoms with Gasteiger partial charge in [0, 0.05) is 22.8 Å². The van der Waals surface area contributed by atoms with Gasteiger partial charge in [0.05, 0.1) is 11.6 Å². The second kappa shape index (κ2) is 7.71. The molecule has 1 aromatic heterocycles. The van der Waals surface area contributed by atoms with E-state index in [1.165, 1.54) is 0 Å². The molecule has 0 spiro atoms. The normalized spacial score (nSPS) is 16.0. The number of carbonyl (C=O) groups is 1. The molecule has 2 amide bonds. The van der Waals surface area contributed by atoms with E-state index in [2.05, 4.69) is 21.5 Å². The van der Waals surface area contributed by atoms with Gasteiger partial charge in [-0.2, -0.15) is 10.2 Å². The van der Waals surface area contributed by atoms with Crippen LogP contribution in [0.5, 0.6) is 0 Å². The van der Waals surface area contributed by atoms with Crippen LogP contribution in [-0.4, -0.2) is 27.6 Å². The Balaban J connectivity index is 1.50. The number of hydrogen-bond donors (Lipinski definition) is 1. The number of nitrogens with one attached hydrogen (secondary N) is 1. The minimum Gasteiger partial charge on any atom is -0.337 e. The fourth-order valence-corrected chi connectivity index (χ4v) is 3.40. The van der Waals surface area contributed by atoms with Gasteiger partial charge in [-0.05, 0) is 49.2 Å². The molecule has 1 aliphatic heterocycles. The molecule has 0 saturated carbocycles. The second-order valence-corrected chi connectivity index (χ2v) is 6.87. The Labute approximate surface area is 166 Å². The minimum atomic E-state index is -0.279. The molecule has 1 atom stereocenters. The van der Waals surface area contributed by atoms with E-state index in [9.17, 15) is 4.79 Å². The maximum Gasteiger partial charge on any atom is 0.322 e. The summed E-state index contributed by atoms with van der Waals surface area (Å²) in [4.78, 5) is 18.9. The standard InChI is InChI=1S/C20H16ClN5O2/c21-15-4-1-3-14(11-15)18-24-19(28-25-18)17-5-2-10-26(17)20(27)23-16-8-6-13(12-22)7-9-16/h1,3-4,6-9,11,17H,2,5,10H2,(H,23,27)/t17-/m1/s1. The van der Waals surface area contributed by atoms with Crippen LogP contribution in [0.1, 0.15) is 30.3 Å². The van der Waals surface area contributed by atoms with Gasteiger partial charge in [-0.25, -0.2) is 4.79 Å². The van der Waals surface area contributed by atoms with Crippen LogP contribution in [-0.2, 0) is 0 Å². The largest absolute Gasteiger partial charge is 0.337 e. The molecule has 7 nitrogen and oxygen atoms in total. The number of aromatic nitrogens is 2. The summed E-state index contributed by atoms with van der Waals surface area (Å²) in [6.07, 6.45) is 1.60. The zero-order valence-electron chi connectivity index (χ0n) is 14.8. The van der Waals surface area contributed by atoms with Gasteiger partial charge in [-0.15, -0.1) is 0 Å². The van der Waals surface area contributed by atoms with Crippen LogP contribution in [0.4, 0.5) is 10.5 Å². The van der Waals surface area contributed by atoms with Gasteiger partial charge in [-0.3, -0.25) is 0 Å². The summed E-state index contributed by atoms with van der Waals surface area (Å²) >= 11 is 6.02. The van der Waals surface area contributed by atoms with E-state index in [1.807, 2.05) is 12.1 Å². The average molecular weight is 394 g/mol. The number of nitrogens with zero attached hydrogens (tertiary/aromatic N) is 4. The summed E-state index contributed by atoms with van der Waals surface area (Å²) in [5, 5.41) is 16.3. The fourth-order valence-electron chi connectivity index (χ4n) is 3.21. The number of hydrogen-bond acceptors (Lipinski definition) is 5. The van der Waals surface area contributed by atoms with Crippen molar-refractivity contribution in [2.75, 3.05) is 11.9 Å². The lowest BCUT2D eigenvalue weighted by Gasteiger charge is -2.22. The van der Waals surface area contributed by atoms with Crippen molar-refractivity contribution >= 4 is 23.3 Å². The Kier molecular flexibility index (Phi) is 4.96. The maximum atomic E-state index is 12.7. The van der Waals surface area contributed by atoms with E-state index < -0.39 is 0 Å². The predicted molar refractivity (Wildman–Crippen MR) is 104 cm³/mol. The molecule has 1 saturated heterocycles. The zero-order valence-corrected chi connectivity index (χ0v) is 15.6. The molecule has 0 aliphatic carbocycles. The lowest BCUT2D eigenvalue weighted by molar-refractivity contribution is 0.193. The van der Waals surface area contributed by atoms with Crippen LogP contribution >= 0.6 is 11.6 Å². The molecule has 1 aliphatic rings. The Morgan fingerprint density at radius 1 is 1.29 bits per heavy atom. The Morgan fingerprint density at radius 2 is 2.11 bits per heavy atom. The molecule has 4 rings (SSSR count). The lowest BCUT2D eigenvalue weighted by Crippen LogP contribution is -2.34. The van der Waals surface area contributed by atoms with E-state index >= 15 is 0 Å². The molecule has 140 valence electrons. The minimum absolute atomic E-state index is 0.241. The molecule has 2 aromatic carbocycles. The van der Waals surface area contributed by atoms with Gasteiger partial charge >= 0.3 is 6.03 Å². The van der Waals surface area contributed by atoms with Crippen LogP contribution in [0.15, 0.2) is 53.1 Å². The number of amides is 2. The smallest absolute Gasteiger partial charge is 0.322 e. The first-order chi connectivity index (χ1) is 13.6. The number of benzene rings is 2. The molecule has 1 N–H and O–H groups in total. The van der Waals surface area contributed by atoms with Crippen LogP contribution in [0.3, 0.4) is 0 Å². The third-order valence-electron chi connectivity index (χ3n) is 4.59. The third-order valence-corrected chi connectivity index (χ3v) is 4.82. The first-order valence-corrected chi connectivity index (χ1v) is 9.19. The molecule has 0 radical (unpaired) electrons. The van der Waals surface area contributed by atoms with Crippen LogP contribution in [0.2, 0.25) is 5.02 Å². The first kappa shape index (κ1) is 18.0. The number of likely N-dealkylation sites (tertiary alicyclic amines) is 1. The van der Waals surface area contributed by atoms with E-state index in [0.717, 1.165) is 18.4 Å². The van der Waals surface area contributed by atoms with Crippen molar-refractivity contribution in [2.24, 2.45) is 0 Å². The van der Waals surface area contributed by atoms with Crippen molar-refractivity contribution < 1.29 is 9.32 Å². The van der Waals surface area contributed by atoms with Gasteiger partial charge in [-0.1, -0.05) is 28.9 Å². The summed E-state index contributed by atoms with van der Waals surface area (Å²) in [6, 6.07) is 15.5. The quantitative estimate of drug-likeness (QED) is 0.699. The van der Waals surface area contributed by atoms with Crippen molar-refractivity contribution in [3.63, 3.8) is 0 Å². The SMILES string of the molecule is N#Cc1ccc(NC(=O)N2CCC[C@@H]2c2nc(-c3cccc(Cl)c3)no2)cc1. The molecule has 3 aromatic rings. The fraction of sp³-hybridized carbons (Fsp3) is 0.200. The third kappa shape index (κ3) is 3.68. The zero-order chi connectivity index (χ0) is 19.5. The molecular formula is C20H16ClN5O2. The molecule has 0 bridgehead atoms. The van der Waals surface area contributed by atoms with Crippen molar-refractivity contribution in [3.05, 3.63) is 65.0 Å². The van der Waals surface area contributed by atoms with Gasteiger partial charge < -0.3 is 14.7 Å².